The summed E-state index contributed by atoms with van der Waals surface area (Å²) in [5.74, 6) is 0.318. The summed E-state index contributed by atoms with van der Waals surface area (Å²) in [5, 5.41) is 13.1. The molecule has 0 radical (unpaired) electrons. The maximum Gasteiger partial charge on any atom is 0.325 e. The summed E-state index contributed by atoms with van der Waals surface area (Å²) < 4.78 is 10.4. The topological polar surface area (TPSA) is 92.5 Å². The van der Waals surface area contributed by atoms with Gasteiger partial charge in [-0.25, -0.2) is 4.79 Å². The van der Waals surface area contributed by atoms with E-state index in [1.807, 2.05) is 0 Å². The molecule has 0 unspecified atom stereocenters. The van der Waals surface area contributed by atoms with E-state index in [0.29, 0.717) is 31.1 Å². The molecule has 26 heavy (non-hydrogen) atoms. The van der Waals surface area contributed by atoms with Crippen LogP contribution in [0.15, 0.2) is 24.3 Å². The zero-order chi connectivity index (χ0) is 18.7. The Balaban J connectivity index is 1.67. The predicted octanol–water partition coefficient (Wildman–Crippen LogP) is -1.26. The molecule has 2 aliphatic heterocycles. The summed E-state index contributed by atoms with van der Waals surface area (Å²) in [7, 11) is 1.57. The van der Waals surface area contributed by atoms with Crippen LogP contribution in [0.2, 0.25) is 0 Å². The SMILES string of the molecule is COc1ccc([C@@]2(C)NC(=O)N(C[C@H](O)C[NH+]3CCOCC3)C2=O)cc1. The van der Waals surface area contributed by atoms with E-state index in [1.165, 1.54) is 4.90 Å². The average Bonchev–Trinajstić information content (AvgIpc) is 2.86. The largest absolute Gasteiger partial charge is 0.497 e. The fraction of sp³-hybridized carbons (Fsp3) is 0.556. The molecule has 3 N–H and O–H groups in total. The van der Waals surface area contributed by atoms with Crippen LogP contribution in [0.4, 0.5) is 4.79 Å². The Kier molecular flexibility index (Phi) is 5.45. The third kappa shape index (κ3) is 3.67. The highest BCUT2D eigenvalue weighted by molar-refractivity contribution is 6.07. The number of rotatable bonds is 6. The van der Waals surface area contributed by atoms with Gasteiger partial charge in [0.15, 0.2) is 0 Å². The number of urea groups is 1. The Hall–Kier alpha value is -2.16. The molecule has 3 amide bonds. The molecule has 0 bridgehead atoms. The number of aliphatic hydroxyl groups excluding tert-OH is 1. The highest BCUT2D eigenvalue weighted by Gasteiger charge is 2.49. The maximum absolute atomic E-state index is 12.9. The van der Waals surface area contributed by atoms with E-state index in [2.05, 4.69) is 5.32 Å². The first-order valence-corrected chi connectivity index (χ1v) is 8.82. The van der Waals surface area contributed by atoms with E-state index in [9.17, 15) is 14.7 Å². The van der Waals surface area contributed by atoms with Crippen molar-refractivity contribution in [2.24, 2.45) is 0 Å². The second-order valence-electron chi connectivity index (χ2n) is 6.92. The monoisotopic (exact) mass is 364 g/mol. The number of nitrogens with zero attached hydrogens (tertiary/aromatic N) is 1. The average molecular weight is 364 g/mol. The Morgan fingerprint density at radius 1 is 1.31 bits per heavy atom. The van der Waals surface area contributed by atoms with E-state index in [-0.39, 0.29) is 12.5 Å². The number of nitrogens with one attached hydrogen (secondary N) is 2. The summed E-state index contributed by atoms with van der Waals surface area (Å²) in [4.78, 5) is 27.6. The van der Waals surface area contributed by atoms with E-state index < -0.39 is 17.7 Å². The van der Waals surface area contributed by atoms with Crippen molar-refractivity contribution >= 4 is 11.9 Å². The number of benzene rings is 1. The minimum Gasteiger partial charge on any atom is -0.497 e. The lowest BCUT2D eigenvalue weighted by Crippen LogP contribution is -3.15. The maximum atomic E-state index is 12.9. The third-order valence-electron chi connectivity index (χ3n) is 5.06. The molecule has 8 nitrogen and oxygen atoms in total. The van der Waals surface area contributed by atoms with Gasteiger partial charge in [0, 0.05) is 0 Å². The molecule has 3 rings (SSSR count). The minimum absolute atomic E-state index is 0.0131. The van der Waals surface area contributed by atoms with Crippen molar-refractivity contribution in [3.8, 4) is 5.75 Å². The van der Waals surface area contributed by atoms with Crippen molar-refractivity contribution in [1.29, 1.82) is 0 Å². The lowest BCUT2D eigenvalue weighted by atomic mass is 9.92. The standard InChI is InChI=1S/C18H25N3O5/c1-18(13-3-5-15(25-2)6-4-13)16(23)21(17(24)19-18)12-14(22)11-20-7-9-26-10-8-20/h3-6,14,22H,7-12H2,1-2H3,(H,19,24)/p+1/t14-,18-/m1/s1. The number of hydrogen-bond donors (Lipinski definition) is 3. The Labute approximate surface area is 152 Å². The first-order chi connectivity index (χ1) is 12.4. The zero-order valence-corrected chi connectivity index (χ0v) is 15.2. The molecular weight excluding hydrogens is 338 g/mol. The van der Waals surface area contributed by atoms with Crippen LogP contribution >= 0.6 is 0 Å². The predicted molar refractivity (Wildman–Crippen MR) is 93.0 cm³/mol. The van der Waals surface area contributed by atoms with Crippen LogP contribution in [-0.4, -0.2) is 74.6 Å². The molecule has 0 saturated carbocycles. The highest BCUT2D eigenvalue weighted by atomic mass is 16.5. The normalized spacial score (nSPS) is 25.3. The first kappa shape index (κ1) is 18.6. The Morgan fingerprint density at radius 3 is 2.58 bits per heavy atom. The van der Waals surface area contributed by atoms with E-state index in [0.717, 1.165) is 18.0 Å². The molecule has 0 aromatic heterocycles. The van der Waals surface area contributed by atoms with E-state index in [1.54, 1.807) is 38.3 Å². The van der Waals surface area contributed by atoms with Crippen LogP contribution in [0.3, 0.4) is 0 Å². The summed E-state index contributed by atoms with van der Waals surface area (Å²) in [6.07, 6.45) is -0.768. The quantitative estimate of drug-likeness (QED) is 0.548. The lowest BCUT2D eigenvalue weighted by molar-refractivity contribution is -0.910. The number of aliphatic hydroxyl groups is 1. The van der Waals surface area contributed by atoms with Gasteiger partial charge in [-0.1, -0.05) is 12.1 Å². The van der Waals surface area contributed by atoms with Crippen molar-refractivity contribution in [2.45, 2.75) is 18.6 Å². The number of imide groups is 1. The number of methoxy groups -OCH3 is 1. The van der Waals surface area contributed by atoms with Crippen LogP contribution in [0.1, 0.15) is 12.5 Å². The second kappa shape index (κ2) is 7.61. The van der Waals surface area contributed by atoms with Crippen LogP contribution in [0.25, 0.3) is 0 Å². The Morgan fingerprint density at radius 2 is 1.96 bits per heavy atom. The van der Waals surface area contributed by atoms with Gasteiger partial charge in [0.25, 0.3) is 5.91 Å². The molecule has 2 saturated heterocycles. The molecule has 2 aliphatic rings. The molecule has 2 atom stereocenters. The summed E-state index contributed by atoms with van der Waals surface area (Å²) in [6, 6.07) is 6.53. The second-order valence-corrected chi connectivity index (χ2v) is 6.92. The minimum atomic E-state index is -1.14. The van der Waals surface area contributed by atoms with Gasteiger partial charge in [-0.15, -0.1) is 0 Å². The number of carbonyl (C=O) groups is 2. The fourth-order valence-electron chi connectivity index (χ4n) is 3.46. The van der Waals surface area contributed by atoms with Crippen molar-refractivity contribution < 1.29 is 29.1 Å². The molecule has 142 valence electrons. The van der Waals surface area contributed by atoms with Crippen LogP contribution in [0, 0.1) is 0 Å². The number of β-amino-alcohol motifs (C(OH)–C–C–N with tert-alkyl or cyclic N) is 1. The smallest absolute Gasteiger partial charge is 0.325 e. The Bertz CT molecular complexity index is 659. The zero-order valence-electron chi connectivity index (χ0n) is 15.2. The molecule has 8 heteroatoms. The van der Waals surface area contributed by atoms with Crippen molar-refractivity contribution in [3.05, 3.63) is 29.8 Å². The molecule has 0 spiro atoms. The molecule has 2 fully saturated rings. The van der Waals surface area contributed by atoms with E-state index >= 15 is 0 Å². The highest BCUT2D eigenvalue weighted by Crippen LogP contribution is 2.30. The fourth-order valence-corrected chi connectivity index (χ4v) is 3.46. The van der Waals surface area contributed by atoms with Crippen LogP contribution < -0.4 is 15.0 Å². The third-order valence-corrected chi connectivity index (χ3v) is 5.06. The number of carbonyl (C=O) groups excluding carboxylic acids is 2. The van der Waals surface area contributed by atoms with Gasteiger partial charge in [0.1, 0.15) is 37.0 Å². The van der Waals surface area contributed by atoms with Crippen molar-refractivity contribution in [3.63, 3.8) is 0 Å². The van der Waals surface area contributed by atoms with Gasteiger partial charge in [-0.2, -0.15) is 0 Å². The molecule has 0 aliphatic carbocycles. The number of amides is 3. The number of quaternary nitrogens is 1. The van der Waals surface area contributed by atoms with Gasteiger partial charge < -0.3 is 24.8 Å². The van der Waals surface area contributed by atoms with Gasteiger partial charge in [-0.05, 0) is 24.6 Å². The molecule has 1 aromatic carbocycles. The molecular formula is C18H26N3O5+. The van der Waals surface area contributed by atoms with Crippen molar-refractivity contribution in [1.82, 2.24) is 10.2 Å². The number of morpholine rings is 1. The van der Waals surface area contributed by atoms with Crippen LogP contribution in [-0.2, 0) is 15.1 Å². The summed E-state index contributed by atoms with van der Waals surface area (Å²) in [6.45, 7) is 5.12. The first-order valence-electron chi connectivity index (χ1n) is 8.82. The van der Waals surface area contributed by atoms with Crippen molar-refractivity contribution in [2.75, 3.05) is 46.5 Å². The summed E-state index contributed by atoms with van der Waals surface area (Å²) >= 11 is 0. The lowest BCUT2D eigenvalue weighted by Gasteiger charge is -2.27. The van der Waals surface area contributed by atoms with Gasteiger partial charge >= 0.3 is 6.03 Å². The van der Waals surface area contributed by atoms with Gasteiger partial charge in [-0.3, -0.25) is 9.69 Å². The van der Waals surface area contributed by atoms with E-state index in [4.69, 9.17) is 9.47 Å². The van der Waals surface area contributed by atoms with Gasteiger partial charge in [0.05, 0.1) is 26.9 Å². The summed E-state index contributed by atoms with van der Waals surface area (Å²) in [5.41, 5.74) is -0.470. The number of hydrogen-bond acceptors (Lipinski definition) is 5. The van der Waals surface area contributed by atoms with Gasteiger partial charge in [0.2, 0.25) is 0 Å². The van der Waals surface area contributed by atoms with Crippen LogP contribution in [0.5, 0.6) is 5.75 Å². The molecule has 1 aromatic rings. The number of ether oxygens (including phenoxy) is 2. The molecule has 2 heterocycles.